The molecule has 0 aromatic heterocycles. The van der Waals surface area contributed by atoms with Crippen molar-refractivity contribution < 1.29 is 14.6 Å². The predicted octanol–water partition coefficient (Wildman–Crippen LogP) is 2.63. The van der Waals surface area contributed by atoms with Crippen LogP contribution in [-0.4, -0.2) is 24.2 Å². The third kappa shape index (κ3) is 3.99. The summed E-state index contributed by atoms with van der Waals surface area (Å²) in [7, 11) is 1.56. The number of ether oxygens (including phenoxy) is 1. The fourth-order valence-electron chi connectivity index (χ4n) is 2.06. The highest BCUT2D eigenvalue weighted by Crippen LogP contribution is 2.23. The van der Waals surface area contributed by atoms with Crippen LogP contribution >= 0.6 is 0 Å². The Morgan fingerprint density at radius 1 is 1.23 bits per heavy atom. The van der Waals surface area contributed by atoms with Crippen LogP contribution in [0.5, 0.6) is 5.75 Å². The molecule has 116 valence electrons. The molecule has 0 heterocycles. The first kappa shape index (κ1) is 15.9. The highest BCUT2D eigenvalue weighted by atomic mass is 16.5. The van der Waals surface area contributed by atoms with Crippen LogP contribution in [0.1, 0.15) is 12.5 Å². The van der Waals surface area contributed by atoms with Gasteiger partial charge in [-0.15, -0.1) is 0 Å². The first-order valence-electron chi connectivity index (χ1n) is 7.04. The maximum atomic E-state index is 12.3. The molecular formula is C17H20N2O3. The van der Waals surface area contributed by atoms with Gasteiger partial charge < -0.3 is 20.5 Å². The van der Waals surface area contributed by atoms with Gasteiger partial charge in [0, 0.05) is 5.69 Å². The van der Waals surface area contributed by atoms with Crippen LogP contribution in [0, 0.1) is 0 Å². The molecule has 0 fully saturated rings. The Morgan fingerprint density at radius 3 is 2.73 bits per heavy atom. The molecule has 3 N–H and O–H groups in total. The van der Waals surface area contributed by atoms with E-state index in [2.05, 4.69) is 10.6 Å². The Balaban J connectivity index is 2.02. The van der Waals surface area contributed by atoms with Crippen molar-refractivity contribution >= 4 is 17.3 Å². The van der Waals surface area contributed by atoms with E-state index in [0.29, 0.717) is 11.4 Å². The molecule has 0 bridgehead atoms. The van der Waals surface area contributed by atoms with Crippen molar-refractivity contribution in [2.24, 2.45) is 0 Å². The first-order valence-corrected chi connectivity index (χ1v) is 7.04. The quantitative estimate of drug-likeness (QED) is 0.767. The first-order chi connectivity index (χ1) is 10.6. The summed E-state index contributed by atoms with van der Waals surface area (Å²) in [4.78, 5) is 12.3. The molecule has 22 heavy (non-hydrogen) atoms. The van der Waals surface area contributed by atoms with E-state index in [1.165, 1.54) is 0 Å². The average Bonchev–Trinajstić information content (AvgIpc) is 2.55. The number of amides is 1. The normalized spacial score (nSPS) is 11.6. The number of benzene rings is 2. The van der Waals surface area contributed by atoms with Gasteiger partial charge in [0.1, 0.15) is 11.8 Å². The van der Waals surface area contributed by atoms with Gasteiger partial charge in [0.2, 0.25) is 5.91 Å². The molecule has 0 spiro atoms. The summed E-state index contributed by atoms with van der Waals surface area (Å²) in [5.41, 5.74) is 2.21. The molecule has 5 nitrogen and oxygen atoms in total. The lowest BCUT2D eigenvalue weighted by Crippen LogP contribution is -2.32. The molecule has 0 radical (unpaired) electrons. The number of aliphatic hydroxyl groups is 1. The van der Waals surface area contributed by atoms with Crippen LogP contribution in [0.4, 0.5) is 11.4 Å². The van der Waals surface area contributed by atoms with E-state index in [1.54, 1.807) is 26.2 Å². The topological polar surface area (TPSA) is 70.6 Å². The van der Waals surface area contributed by atoms with Crippen molar-refractivity contribution in [2.75, 3.05) is 17.7 Å². The van der Waals surface area contributed by atoms with Gasteiger partial charge in [0.15, 0.2) is 0 Å². The lowest BCUT2D eigenvalue weighted by atomic mass is 10.2. The fraction of sp³-hybridized carbons (Fsp3) is 0.235. The minimum absolute atomic E-state index is 0.0304. The standard InChI is InChI=1S/C17H20N2O3/c1-12(18-14-7-5-6-13(10-14)11-20)17(21)19-15-8-3-4-9-16(15)22-2/h3-10,12,18,20H,11H2,1-2H3,(H,19,21). The second-order valence-electron chi connectivity index (χ2n) is 4.91. The lowest BCUT2D eigenvalue weighted by Gasteiger charge is -2.17. The van der Waals surface area contributed by atoms with E-state index in [1.807, 2.05) is 36.4 Å². The fourth-order valence-corrected chi connectivity index (χ4v) is 2.06. The van der Waals surface area contributed by atoms with Crippen LogP contribution < -0.4 is 15.4 Å². The smallest absolute Gasteiger partial charge is 0.246 e. The van der Waals surface area contributed by atoms with Crippen molar-refractivity contribution in [3.05, 3.63) is 54.1 Å². The molecule has 0 aliphatic rings. The van der Waals surface area contributed by atoms with Crippen molar-refractivity contribution in [1.82, 2.24) is 0 Å². The lowest BCUT2D eigenvalue weighted by molar-refractivity contribution is -0.116. The number of nitrogens with one attached hydrogen (secondary N) is 2. The molecule has 2 aromatic carbocycles. The number of para-hydroxylation sites is 2. The van der Waals surface area contributed by atoms with E-state index in [-0.39, 0.29) is 12.5 Å². The Kier molecular flexibility index (Phi) is 5.38. The summed E-state index contributed by atoms with van der Waals surface area (Å²) in [6.45, 7) is 1.74. The van der Waals surface area contributed by atoms with Crippen molar-refractivity contribution in [3.63, 3.8) is 0 Å². The van der Waals surface area contributed by atoms with E-state index in [0.717, 1.165) is 11.3 Å². The summed E-state index contributed by atoms with van der Waals surface area (Å²) in [6, 6.07) is 14.1. The van der Waals surface area contributed by atoms with Gasteiger partial charge >= 0.3 is 0 Å². The number of carbonyl (C=O) groups is 1. The second kappa shape index (κ2) is 7.47. The molecule has 5 heteroatoms. The average molecular weight is 300 g/mol. The van der Waals surface area contributed by atoms with Gasteiger partial charge in [0.05, 0.1) is 19.4 Å². The molecule has 2 rings (SSSR count). The highest BCUT2D eigenvalue weighted by Gasteiger charge is 2.14. The molecule has 2 aromatic rings. The Hall–Kier alpha value is -2.53. The van der Waals surface area contributed by atoms with Crippen LogP contribution in [0.2, 0.25) is 0 Å². The number of methoxy groups -OCH3 is 1. The van der Waals surface area contributed by atoms with Gasteiger partial charge in [-0.25, -0.2) is 0 Å². The maximum absolute atomic E-state index is 12.3. The third-order valence-corrected chi connectivity index (χ3v) is 3.25. The highest BCUT2D eigenvalue weighted by molar-refractivity contribution is 5.97. The molecule has 1 unspecified atom stereocenters. The van der Waals surface area contributed by atoms with Gasteiger partial charge in [0.25, 0.3) is 0 Å². The van der Waals surface area contributed by atoms with Gasteiger partial charge in [-0.05, 0) is 36.8 Å². The minimum Gasteiger partial charge on any atom is -0.495 e. The van der Waals surface area contributed by atoms with Crippen molar-refractivity contribution in [2.45, 2.75) is 19.6 Å². The summed E-state index contributed by atoms with van der Waals surface area (Å²) < 4.78 is 5.21. The molecule has 0 aliphatic heterocycles. The van der Waals surface area contributed by atoms with E-state index >= 15 is 0 Å². The SMILES string of the molecule is COc1ccccc1NC(=O)C(C)Nc1cccc(CO)c1. The van der Waals surface area contributed by atoms with Crippen molar-refractivity contribution in [3.8, 4) is 5.75 Å². The maximum Gasteiger partial charge on any atom is 0.246 e. The monoisotopic (exact) mass is 300 g/mol. The van der Waals surface area contributed by atoms with Gasteiger partial charge in [-0.2, -0.15) is 0 Å². The zero-order valence-electron chi connectivity index (χ0n) is 12.7. The van der Waals surface area contributed by atoms with Crippen LogP contribution in [0.15, 0.2) is 48.5 Å². The number of rotatable bonds is 6. The summed E-state index contributed by atoms with van der Waals surface area (Å²) >= 11 is 0. The Morgan fingerprint density at radius 2 is 2.00 bits per heavy atom. The number of carbonyl (C=O) groups excluding carboxylic acids is 1. The number of aliphatic hydroxyl groups excluding tert-OH is 1. The summed E-state index contributed by atoms with van der Waals surface area (Å²) in [6.07, 6.45) is 0. The van der Waals surface area contributed by atoms with E-state index in [9.17, 15) is 4.79 Å². The van der Waals surface area contributed by atoms with Crippen LogP contribution in [0.25, 0.3) is 0 Å². The molecule has 1 amide bonds. The molecule has 0 saturated heterocycles. The van der Waals surface area contributed by atoms with E-state index < -0.39 is 6.04 Å². The Labute approximate surface area is 129 Å². The van der Waals surface area contributed by atoms with Crippen LogP contribution in [-0.2, 0) is 11.4 Å². The zero-order chi connectivity index (χ0) is 15.9. The molecular weight excluding hydrogens is 280 g/mol. The van der Waals surface area contributed by atoms with Crippen LogP contribution in [0.3, 0.4) is 0 Å². The number of hydrogen-bond donors (Lipinski definition) is 3. The largest absolute Gasteiger partial charge is 0.495 e. The molecule has 1 atom stereocenters. The Bertz CT molecular complexity index is 643. The second-order valence-corrected chi connectivity index (χ2v) is 4.91. The predicted molar refractivity (Wildman–Crippen MR) is 87.1 cm³/mol. The van der Waals surface area contributed by atoms with Gasteiger partial charge in [-0.3, -0.25) is 4.79 Å². The summed E-state index contributed by atoms with van der Waals surface area (Å²) in [5.74, 6) is 0.448. The number of anilines is 2. The molecule has 0 saturated carbocycles. The van der Waals surface area contributed by atoms with Gasteiger partial charge in [-0.1, -0.05) is 24.3 Å². The third-order valence-electron chi connectivity index (χ3n) is 3.25. The minimum atomic E-state index is -0.432. The number of hydrogen-bond acceptors (Lipinski definition) is 4. The molecule has 0 aliphatic carbocycles. The van der Waals surface area contributed by atoms with Crippen molar-refractivity contribution in [1.29, 1.82) is 0 Å². The zero-order valence-corrected chi connectivity index (χ0v) is 12.7. The summed E-state index contributed by atoms with van der Waals surface area (Å²) in [5, 5.41) is 15.1. The van der Waals surface area contributed by atoms with E-state index in [4.69, 9.17) is 9.84 Å².